The van der Waals surface area contributed by atoms with E-state index in [1.54, 1.807) is 48.5 Å². The number of rotatable bonds is 4. The van der Waals surface area contributed by atoms with Crippen LogP contribution < -0.4 is 10.6 Å². The van der Waals surface area contributed by atoms with Gasteiger partial charge in [-0.2, -0.15) is 0 Å². The summed E-state index contributed by atoms with van der Waals surface area (Å²) in [6.45, 7) is 2.41. The fourth-order valence-corrected chi connectivity index (χ4v) is 7.56. The lowest BCUT2D eigenvalue weighted by Gasteiger charge is -2.29. The van der Waals surface area contributed by atoms with Gasteiger partial charge in [0.25, 0.3) is 23.6 Å². The van der Waals surface area contributed by atoms with Crippen molar-refractivity contribution >= 4 is 55.5 Å². The second-order valence-corrected chi connectivity index (χ2v) is 13.6. The SMILES string of the molecule is O=C1c2ccccc2C(=O)N1C[C@@H]1NCCc2cc(Br)ccc21.O=C1c2ccccc2C(=O)N1C[C@H]1NCCc2cc(Br)ccc21. The Labute approximate surface area is 283 Å². The van der Waals surface area contributed by atoms with Crippen LogP contribution in [-0.4, -0.2) is 59.6 Å². The van der Waals surface area contributed by atoms with Gasteiger partial charge in [-0.25, -0.2) is 0 Å². The molecule has 0 unspecified atom stereocenters. The van der Waals surface area contributed by atoms with Gasteiger partial charge in [0.1, 0.15) is 0 Å². The van der Waals surface area contributed by atoms with Crippen LogP contribution in [0.15, 0.2) is 93.9 Å². The lowest BCUT2D eigenvalue weighted by atomic mass is 9.94. The van der Waals surface area contributed by atoms with Crippen LogP contribution in [0.1, 0.15) is 75.8 Å². The number of carbonyl (C=O) groups excluding carboxylic acids is 4. The Kier molecular flexibility index (Phi) is 8.46. The molecule has 2 atom stereocenters. The van der Waals surface area contributed by atoms with Crippen molar-refractivity contribution in [1.82, 2.24) is 20.4 Å². The van der Waals surface area contributed by atoms with Crippen molar-refractivity contribution < 1.29 is 19.2 Å². The number of imide groups is 2. The van der Waals surface area contributed by atoms with Gasteiger partial charge in [0, 0.05) is 22.0 Å². The number of hydrogen-bond donors (Lipinski definition) is 2. The first-order valence-corrected chi connectivity index (χ1v) is 16.8. The molecule has 8 rings (SSSR count). The minimum atomic E-state index is -0.198. The molecule has 10 heteroatoms. The number of benzene rings is 4. The highest BCUT2D eigenvalue weighted by Crippen LogP contribution is 2.31. The lowest BCUT2D eigenvalue weighted by Crippen LogP contribution is -2.41. The number of nitrogens with zero attached hydrogens (tertiary/aromatic N) is 2. The fraction of sp³-hybridized carbons (Fsp3) is 0.222. The Morgan fingerprint density at radius 2 is 0.891 bits per heavy atom. The molecule has 4 heterocycles. The first kappa shape index (κ1) is 30.7. The van der Waals surface area contributed by atoms with Crippen molar-refractivity contribution in [2.24, 2.45) is 0 Å². The summed E-state index contributed by atoms with van der Waals surface area (Å²) in [5.41, 5.74) is 6.87. The number of carbonyl (C=O) groups is 4. The summed E-state index contributed by atoms with van der Waals surface area (Å²) in [6.07, 6.45) is 1.90. The average molecular weight is 742 g/mol. The molecule has 8 nitrogen and oxygen atoms in total. The second-order valence-electron chi connectivity index (χ2n) is 11.7. The van der Waals surface area contributed by atoms with E-state index in [-0.39, 0.29) is 35.7 Å². The minimum Gasteiger partial charge on any atom is -0.308 e. The Balaban J connectivity index is 0.000000147. The second kappa shape index (κ2) is 12.7. The van der Waals surface area contributed by atoms with Crippen molar-refractivity contribution in [3.63, 3.8) is 0 Å². The highest BCUT2D eigenvalue weighted by atomic mass is 79.9. The first-order valence-electron chi connectivity index (χ1n) is 15.2. The Morgan fingerprint density at radius 3 is 1.24 bits per heavy atom. The third kappa shape index (κ3) is 5.64. The van der Waals surface area contributed by atoms with E-state index in [1.165, 1.54) is 20.9 Å². The van der Waals surface area contributed by atoms with Crippen molar-refractivity contribution in [3.8, 4) is 0 Å². The van der Waals surface area contributed by atoms with E-state index in [0.29, 0.717) is 35.3 Å². The smallest absolute Gasteiger partial charge is 0.261 e. The molecule has 0 fully saturated rings. The van der Waals surface area contributed by atoms with Gasteiger partial charge in [0.15, 0.2) is 0 Å². The van der Waals surface area contributed by atoms with E-state index < -0.39 is 0 Å². The molecule has 0 aliphatic carbocycles. The molecule has 0 saturated carbocycles. The van der Waals surface area contributed by atoms with Gasteiger partial charge in [0.05, 0.1) is 34.3 Å². The van der Waals surface area contributed by atoms with Gasteiger partial charge >= 0.3 is 0 Å². The molecule has 232 valence electrons. The maximum Gasteiger partial charge on any atom is 0.261 e. The van der Waals surface area contributed by atoms with Gasteiger partial charge in [-0.15, -0.1) is 0 Å². The monoisotopic (exact) mass is 740 g/mol. The molecular weight excluding hydrogens is 712 g/mol. The third-order valence-electron chi connectivity index (χ3n) is 9.02. The van der Waals surface area contributed by atoms with Gasteiger partial charge in [-0.05, 0) is 96.7 Å². The van der Waals surface area contributed by atoms with E-state index in [1.807, 2.05) is 12.1 Å². The van der Waals surface area contributed by atoms with E-state index in [2.05, 4.69) is 66.8 Å². The molecule has 0 spiro atoms. The minimum absolute atomic E-state index is 0.0194. The molecule has 4 aromatic carbocycles. The maximum absolute atomic E-state index is 12.5. The fourth-order valence-electron chi connectivity index (χ4n) is 6.74. The van der Waals surface area contributed by atoms with E-state index in [9.17, 15) is 19.2 Å². The number of hydrogen-bond acceptors (Lipinski definition) is 6. The standard InChI is InChI=1S/2C18H15BrN2O2/c2*19-12-5-6-13-11(9-12)7-8-20-16(13)10-21-17(22)14-3-1-2-4-15(14)18(21)23/h2*1-6,9,16,20H,7-8,10H2/t2*16-/m10/s1. The Bertz CT molecular complexity index is 1700. The van der Waals surface area contributed by atoms with Gasteiger partial charge in [-0.1, -0.05) is 68.3 Å². The van der Waals surface area contributed by atoms with Crippen molar-refractivity contribution in [2.75, 3.05) is 26.2 Å². The van der Waals surface area contributed by atoms with Crippen LogP contribution in [0.5, 0.6) is 0 Å². The summed E-state index contributed by atoms with van der Waals surface area (Å²) in [5, 5.41) is 6.86. The van der Waals surface area contributed by atoms with Crippen molar-refractivity contribution in [1.29, 1.82) is 0 Å². The van der Waals surface area contributed by atoms with E-state index >= 15 is 0 Å². The van der Waals surface area contributed by atoms with Gasteiger partial charge < -0.3 is 10.6 Å². The summed E-state index contributed by atoms with van der Waals surface area (Å²) in [7, 11) is 0. The van der Waals surface area contributed by atoms with Crippen LogP contribution in [0.25, 0.3) is 0 Å². The molecule has 46 heavy (non-hydrogen) atoms. The number of fused-ring (bicyclic) bond motifs is 4. The zero-order valence-electron chi connectivity index (χ0n) is 24.8. The van der Waals surface area contributed by atoms with Gasteiger partial charge in [0.2, 0.25) is 0 Å². The van der Waals surface area contributed by atoms with Crippen LogP contribution in [0, 0.1) is 0 Å². The van der Waals surface area contributed by atoms with Crippen molar-refractivity contribution in [2.45, 2.75) is 24.9 Å². The molecular formula is C36H30Br2N4O4. The highest BCUT2D eigenvalue weighted by molar-refractivity contribution is 9.10. The Morgan fingerprint density at radius 1 is 0.543 bits per heavy atom. The number of amides is 4. The van der Waals surface area contributed by atoms with Crippen LogP contribution >= 0.6 is 31.9 Å². The molecule has 0 aromatic heterocycles. The molecule has 4 aliphatic heterocycles. The summed E-state index contributed by atoms with van der Waals surface area (Å²) >= 11 is 7.00. The lowest BCUT2D eigenvalue weighted by molar-refractivity contribution is 0.0622. The maximum atomic E-state index is 12.5. The molecule has 0 bridgehead atoms. The molecule has 0 saturated heterocycles. The van der Waals surface area contributed by atoms with E-state index in [0.717, 1.165) is 46.0 Å². The summed E-state index contributed by atoms with van der Waals surface area (Å²) in [6, 6.07) is 26.4. The highest BCUT2D eigenvalue weighted by Gasteiger charge is 2.38. The molecule has 4 aromatic rings. The summed E-state index contributed by atoms with van der Waals surface area (Å²) in [5.74, 6) is -0.790. The molecule has 4 aliphatic rings. The Hall–Kier alpha value is -3.96. The first-order chi connectivity index (χ1) is 22.3. The normalized spacial score (nSPS) is 19.7. The van der Waals surface area contributed by atoms with Crippen LogP contribution in [0.3, 0.4) is 0 Å². The molecule has 4 amide bonds. The van der Waals surface area contributed by atoms with Gasteiger partial charge in [-0.3, -0.25) is 29.0 Å². The molecule has 2 N–H and O–H groups in total. The average Bonchev–Trinajstić information content (AvgIpc) is 3.45. The van der Waals surface area contributed by atoms with Crippen LogP contribution in [0.2, 0.25) is 0 Å². The van der Waals surface area contributed by atoms with Crippen molar-refractivity contribution in [3.05, 3.63) is 138 Å². The topological polar surface area (TPSA) is 98.8 Å². The predicted octanol–water partition coefficient (Wildman–Crippen LogP) is 5.86. The number of halogens is 2. The van der Waals surface area contributed by atoms with E-state index in [4.69, 9.17) is 0 Å². The summed E-state index contributed by atoms with van der Waals surface area (Å²) < 4.78 is 2.11. The number of nitrogens with one attached hydrogen (secondary N) is 2. The summed E-state index contributed by atoms with van der Waals surface area (Å²) in [4.78, 5) is 52.8. The third-order valence-corrected chi connectivity index (χ3v) is 10.0. The quantitative estimate of drug-likeness (QED) is 0.254. The largest absolute Gasteiger partial charge is 0.308 e. The zero-order chi connectivity index (χ0) is 31.9. The molecule has 0 radical (unpaired) electrons. The zero-order valence-corrected chi connectivity index (χ0v) is 27.9. The predicted molar refractivity (Wildman–Crippen MR) is 181 cm³/mol. The van der Waals surface area contributed by atoms with Crippen LogP contribution in [0.4, 0.5) is 0 Å². The van der Waals surface area contributed by atoms with Crippen LogP contribution in [-0.2, 0) is 12.8 Å².